The number of nitrogen functional groups attached to an aromatic ring is 1. The number of fused-ring (bicyclic) bond motifs is 1. The molecule has 3 rings (SSSR count). The summed E-state index contributed by atoms with van der Waals surface area (Å²) in [7, 11) is -3.60. The molecule has 2 saturated heterocycles. The Hall–Kier alpha value is -1.60. The van der Waals surface area contributed by atoms with Gasteiger partial charge < -0.3 is 11.1 Å². The normalized spacial score (nSPS) is 26.4. The quantitative estimate of drug-likeness (QED) is 0.777. The molecule has 0 saturated carbocycles. The lowest BCUT2D eigenvalue weighted by Crippen LogP contribution is -2.48. The topological polar surface area (TPSA) is 92.5 Å². The van der Waals surface area contributed by atoms with E-state index in [4.69, 9.17) is 5.73 Å². The summed E-state index contributed by atoms with van der Waals surface area (Å²) in [6.07, 6.45) is 1.46. The number of benzene rings is 1. The van der Waals surface area contributed by atoms with Gasteiger partial charge in [0.25, 0.3) is 0 Å². The maximum Gasteiger partial charge on any atom is 0.243 e. The SMILES string of the molecule is Cc1cc(N)ccc1S(=O)(=O)N1CCCC2C(=O)NCC21. The first-order valence-electron chi connectivity index (χ1n) is 7.07. The number of rotatable bonds is 2. The molecule has 1 aromatic rings. The monoisotopic (exact) mass is 309 g/mol. The van der Waals surface area contributed by atoms with Crippen LogP contribution < -0.4 is 11.1 Å². The standard InChI is InChI=1S/C14H19N3O3S/c1-9-7-10(15)4-5-13(9)21(19,20)17-6-2-3-11-12(17)8-16-14(11)18/h4-5,7,11-12H,2-3,6,8,15H2,1H3,(H,16,18). The lowest BCUT2D eigenvalue weighted by Gasteiger charge is -2.35. The molecule has 0 aromatic heterocycles. The molecule has 0 spiro atoms. The highest BCUT2D eigenvalue weighted by molar-refractivity contribution is 7.89. The van der Waals surface area contributed by atoms with E-state index < -0.39 is 10.0 Å². The predicted octanol–water partition coefficient (Wildman–Crippen LogP) is 0.476. The number of hydrogen-bond acceptors (Lipinski definition) is 4. The lowest BCUT2D eigenvalue weighted by atomic mass is 9.93. The van der Waals surface area contributed by atoms with Crippen molar-refractivity contribution in [3.63, 3.8) is 0 Å². The number of nitrogens with one attached hydrogen (secondary N) is 1. The summed E-state index contributed by atoms with van der Waals surface area (Å²) < 4.78 is 27.3. The molecular weight excluding hydrogens is 290 g/mol. The first-order chi connectivity index (χ1) is 9.91. The van der Waals surface area contributed by atoms with Gasteiger partial charge in [-0.25, -0.2) is 8.42 Å². The number of amides is 1. The van der Waals surface area contributed by atoms with E-state index >= 15 is 0 Å². The van der Waals surface area contributed by atoms with Gasteiger partial charge in [-0.05, 0) is 43.5 Å². The third kappa shape index (κ3) is 2.30. The van der Waals surface area contributed by atoms with Crippen LogP contribution in [-0.4, -0.2) is 37.8 Å². The Labute approximate surface area is 124 Å². The van der Waals surface area contributed by atoms with E-state index in [1.165, 1.54) is 4.31 Å². The van der Waals surface area contributed by atoms with Crippen LogP contribution in [0.2, 0.25) is 0 Å². The minimum absolute atomic E-state index is 0.0334. The first-order valence-corrected chi connectivity index (χ1v) is 8.51. The van der Waals surface area contributed by atoms with E-state index in [0.29, 0.717) is 30.8 Å². The average molecular weight is 309 g/mol. The maximum atomic E-state index is 12.9. The van der Waals surface area contributed by atoms with Gasteiger partial charge in [0.2, 0.25) is 15.9 Å². The number of nitrogens with two attached hydrogens (primary N) is 1. The molecular formula is C14H19N3O3S. The molecule has 114 valence electrons. The zero-order valence-corrected chi connectivity index (χ0v) is 12.7. The predicted molar refractivity (Wildman–Crippen MR) is 79.0 cm³/mol. The second kappa shape index (κ2) is 4.99. The van der Waals surface area contributed by atoms with Gasteiger partial charge in [-0.15, -0.1) is 0 Å². The van der Waals surface area contributed by atoms with Crippen molar-refractivity contribution < 1.29 is 13.2 Å². The zero-order chi connectivity index (χ0) is 15.2. The van der Waals surface area contributed by atoms with Crippen LogP contribution in [0.25, 0.3) is 0 Å². The Morgan fingerprint density at radius 1 is 1.38 bits per heavy atom. The van der Waals surface area contributed by atoms with Crippen LogP contribution in [0, 0.1) is 12.8 Å². The van der Waals surface area contributed by atoms with E-state index in [1.807, 2.05) is 0 Å². The average Bonchev–Trinajstić information content (AvgIpc) is 2.80. The van der Waals surface area contributed by atoms with Crippen LogP contribution in [0.4, 0.5) is 5.69 Å². The lowest BCUT2D eigenvalue weighted by molar-refractivity contribution is -0.123. The van der Waals surface area contributed by atoms with Gasteiger partial charge in [0.15, 0.2) is 0 Å². The van der Waals surface area contributed by atoms with Crippen LogP contribution in [0.15, 0.2) is 23.1 Å². The largest absolute Gasteiger partial charge is 0.399 e. The smallest absolute Gasteiger partial charge is 0.243 e. The van der Waals surface area contributed by atoms with E-state index in [2.05, 4.69) is 5.32 Å². The fraction of sp³-hybridized carbons (Fsp3) is 0.500. The Morgan fingerprint density at radius 2 is 2.14 bits per heavy atom. The molecule has 2 atom stereocenters. The molecule has 2 aliphatic heterocycles. The van der Waals surface area contributed by atoms with Crippen molar-refractivity contribution in [2.24, 2.45) is 5.92 Å². The number of piperidine rings is 1. The van der Waals surface area contributed by atoms with E-state index in [0.717, 1.165) is 6.42 Å². The van der Waals surface area contributed by atoms with Crippen molar-refractivity contribution in [2.75, 3.05) is 18.8 Å². The summed E-state index contributed by atoms with van der Waals surface area (Å²) in [5.41, 5.74) is 6.87. The Morgan fingerprint density at radius 3 is 2.86 bits per heavy atom. The van der Waals surface area contributed by atoms with Gasteiger partial charge in [0, 0.05) is 18.8 Å². The van der Waals surface area contributed by atoms with Crippen LogP contribution >= 0.6 is 0 Å². The Balaban J connectivity index is 1.99. The van der Waals surface area contributed by atoms with Crippen LogP contribution in [-0.2, 0) is 14.8 Å². The van der Waals surface area contributed by atoms with Crippen molar-refractivity contribution in [1.29, 1.82) is 0 Å². The molecule has 2 aliphatic rings. The van der Waals surface area contributed by atoms with Crippen LogP contribution in [0.3, 0.4) is 0 Å². The molecule has 0 radical (unpaired) electrons. The van der Waals surface area contributed by atoms with E-state index in [9.17, 15) is 13.2 Å². The Bertz CT molecular complexity index is 687. The number of anilines is 1. The third-order valence-corrected chi connectivity index (χ3v) is 6.42. The molecule has 0 bridgehead atoms. The highest BCUT2D eigenvalue weighted by atomic mass is 32.2. The number of sulfonamides is 1. The van der Waals surface area contributed by atoms with Gasteiger partial charge in [0.05, 0.1) is 16.9 Å². The summed E-state index contributed by atoms with van der Waals surface area (Å²) >= 11 is 0. The minimum Gasteiger partial charge on any atom is -0.399 e. The van der Waals surface area contributed by atoms with Crippen molar-refractivity contribution in [3.8, 4) is 0 Å². The van der Waals surface area contributed by atoms with Gasteiger partial charge in [0.1, 0.15) is 0 Å². The van der Waals surface area contributed by atoms with Crippen molar-refractivity contribution in [1.82, 2.24) is 9.62 Å². The van der Waals surface area contributed by atoms with Crippen LogP contribution in [0.5, 0.6) is 0 Å². The molecule has 0 aliphatic carbocycles. The summed E-state index contributed by atoms with van der Waals surface area (Å²) in [6.45, 7) is 2.60. The summed E-state index contributed by atoms with van der Waals surface area (Å²) in [5, 5.41) is 2.77. The van der Waals surface area contributed by atoms with Crippen molar-refractivity contribution in [3.05, 3.63) is 23.8 Å². The number of carbonyl (C=O) groups excluding carboxylic acids is 1. The zero-order valence-electron chi connectivity index (χ0n) is 11.9. The van der Waals surface area contributed by atoms with Gasteiger partial charge >= 0.3 is 0 Å². The number of nitrogens with zero attached hydrogens (tertiary/aromatic N) is 1. The van der Waals surface area contributed by atoms with E-state index in [1.54, 1.807) is 25.1 Å². The molecule has 6 nitrogen and oxygen atoms in total. The van der Waals surface area contributed by atoms with Gasteiger partial charge in [-0.3, -0.25) is 4.79 Å². The van der Waals surface area contributed by atoms with Gasteiger partial charge in [-0.2, -0.15) is 4.31 Å². The first kappa shape index (κ1) is 14.3. The highest BCUT2D eigenvalue weighted by Gasteiger charge is 2.45. The molecule has 1 amide bonds. The van der Waals surface area contributed by atoms with Gasteiger partial charge in [-0.1, -0.05) is 0 Å². The van der Waals surface area contributed by atoms with Crippen molar-refractivity contribution in [2.45, 2.75) is 30.7 Å². The minimum atomic E-state index is -3.60. The summed E-state index contributed by atoms with van der Waals surface area (Å²) in [5.74, 6) is -0.253. The molecule has 7 heteroatoms. The number of carbonyl (C=O) groups is 1. The second-order valence-corrected chi connectivity index (χ2v) is 7.56. The fourth-order valence-corrected chi connectivity index (χ4v) is 5.20. The molecule has 21 heavy (non-hydrogen) atoms. The molecule has 3 N–H and O–H groups in total. The molecule has 2 fully saturated rings. The molecule has 2 unspecified atom stereocenters. The third-order valence-electron chi connectivity index (χ3n) is 4.34. The molecule has 2 heterocycles. The Kier molecular flexibility index (Phi) is 3.41. The maximum absolute atomic E-state index is 12.9. The second-order valence-electron chi connectivity index (χ2n) is 5.70. The van der Waals surface area contributed by atoms with Crippen LogP contribution in [0.1, 0.15) is 18.4 Å². The number of hydrogen-bond donors (Lipinski definition) is 2. The van der Waals surface area contributed by atoms with Crippen molar-refractivity contribution >= 4 is 21.6 Å². The van der Waals surface area contributed by atoms with E-state index in [-0.39, 0.29) is 22.8 Å². The molecule has 1 aromatic carbocycles. The highest BCUT2D eigenvalue weighted by Crippen LogP contribution is 2.33. The number of aryl methyl sites for hydroxylation is 1. The summed E-state index contributed by atoms with van der Waals surface area (Å²) in [6, 6.07) is 4.53. The fourth-order valence-electron chi connectivity index (χ4n) is 3.30. The summed E-state index contributed by atoms with van der Waals surface area (Å²) in [4.78, 5) is 12.1.